The first-order valence-corrected chi connectivity index (χ1v) is 8.47. The van der Waals surface area contributed by atoms with Crippen molar-refractivity contribution in [3.63, 3.8) is 0 Å². The van der Waals surface area contributed by atoms with E-state index in [2.05, 4.69) is 19.1 Å². The van der Waals surface area contributed by atoms with E-state index in [1.807, 2.05) is 0 Å². The lowest BCUT2D eigenvalue weighted by molar-refractivity contribution is -0.907. The highest BCUT2D eigenvalue weighted by Crippen LogP contribution is 2.12. The van der Waals surface area contributed by atoms with Crippen LogP contribution < -0.4 is 0 Å². The predicted octanol–water partition coefficient (Wildman–Crippen LogP) is 2.36. The summed E-state index contributed by atoms with van der Waals surface area (Å²) in [5, 5.41) is 27.0. The summed E-state index contributed by atoms with van der Waals surface area (Å²) >= 11 is 0. The molecule has 0 radical (unpaired) electrons. The van der Waals surface area contributed by atoms with Crippen LogP contribution in [0.3, 0.4) is 0 Å². The fourth-order valence-electron chi connectivity index (χ4n) is 2.73. The smallest absolute Gasteiger partial charge is 0.359 e. The first-order valence-electron chi connectivity index (χ1n) is 8.47. The molecule has 0 aliphatic carbocycles. The molecule has 0 amide bonds. The third-order valence-electron chi connectivity index (χ3n) is 3.79. The molecule has 0 atom stereocenters. The van der Waals surface area contributed by atoms with Crippen molar-refractivity contribution in [2.45, 2.75) is 51.9 Å². The lowest BCUT2D eigenvalue weighted by Crippen LogP contribution is -2.57. The molecule has 0 aromatic rings. The Morgan fingerprint density at radius 1 is 0.750 bits per heavy atom. The number of aliphatic carboxylic acids is 3. The monoisotopic (exact) mass is 344 g/mol. The number of allylic oxidation sites excluding steroid dienone is 2. The van der Waals surface area contributed by atoms with Crippen LogP contribution in [0.5, 0.6) is 0 Å². The van der Waals surface area contributed by atoms with Gasteiger partial charge in [0.15, 0.2) is 19.6 Å². The average molecular weight is 344 g/mol. The van der Waals surface area contributed by atoms with E-state index in [1.165, 1.54) is 0 Å². The number of unbranched alkanes of at least 4 members (excludes halogenated alkanes) is 5. The molecule has 7 nitrogen and oxygen atoms in total. The summed E-state index contributed by atoms with van der Waals surface area (Å²) in [5.74, 6) is -3.55. The van der Waals surface area contributed by atoms with Crippen LogP contribution in [0.4, 0.5) is 0 Å². The molecule has 24 heavy (non-hydrogen) atoms. The number of carboxylic acid groups (broad SMARTS) is 3. The third-order valence-corrected chi connectivity index (χ3v) is 3.79. The molecule has 0 saturated heterocycles. The molecule has 0 saturated carbocycles. The Kier molecular flexibility index (Phi) is 11.5. The molecular weight excluding hydrogens is 314 g/mol. The van der Waals surface area contributed by atoms with Gasteiger partial charge < -0.3 is 15.3 Å². The van der Waals surface area contributed by atoms with Crippen molar-refractivity contribution in [2.75, 3.05) is 26.2 Å². The van der Waals surface area contributed by atoms with Gasteiger partial charge in [-0.05, 0) is 32.1 Å². The van der Waals surface area contributed by atoms with Gasteiger partial charge in [-0.1, -0.05) is 31.9 Å². The van der Waals surface area contributed by atoms with Crippen molar-refractivity contribution < 1.29 is 34.2 Å². The summed E-state index contributed by atoms with van der Waals surface area (Å²) in [7, 11) is 0. The molecular formula is C17H30NO6+. The van der Waals surface area contributed by atoms with Gasteiger partial charge >= 0.3 is 17.9 Å². The van der Waals surface area contributed by atoms with Crippen LogP contribution in [0.1, 0.15) is 51.9 Å². The molecule has 0 fully saturated rings. The summed E-state index contributed by atoms with van der Waals surface area (Å²) in [5.41, 5.74) is 0. The van der Waals surface area contributed by atoms with E-state index in [9.17, 15) is 14.4 Å². The van der Waals surface area contributed by atoms with Crippen LogP contribution in [0.25, 0.3) is 0 Å². The maximum atomic E-state index is 11.0. The van der Waals surface area contributed by atoms with Gasteiger partial charge in [0.1, 0.15) is 0 Å². The highest BCUT2D eigenvalue weighted by Gasteiger charge is 2.35. The molecule has 0 aromatic carbocycles. The Bertz CT molecular complexity index is 392. The number of hydrogen-bond donors (Lipinski definition) is 3. The zero-order valence-electron chi connectivity index (χ0n) is 14.4. The molecule has 0 aromatic heterocycles. The second kappa shape index (κ2) is 12.5. The van der Waals surface area contributed by atoms with E-state index in [-0.39, 0.29) is 6.54 Å². The summed E-state index contributed by atoms with van der Waals surface area (Å²) in [6, 6.07) is 0. The van der Waals surface area contributed by atoms with Gasteiger partial charge in [0, 0.05) is 0 Å². The molecule has 138 valence electrons. The van der Waals surface area contributed by atoms with Crippen molar-refractivity contribution >= 4 is 17.9 Å². The second-order valence-electron chi connectivity index (χ2n) is 6.18. The van der Waals surface area contributed by atoms with Gasteiger partial charge in [-0.3, -0.25) is 4.48 Å². The van der Waals surface area contributed by atoms with Crippen LogP contribution in [0, 0.1) is 0 Å². The first-order chi connectivity index (χ1) is 11.3. The van der Waals surface area contributed by atoms with Crippen molar-refractivity contribution in [3.05, 3.63) is 12.2 Å². The van der Waals surface area contributed by atoms with Crippen molar-refractivity contribution in [1.29, 1.82) is 0 Å². The van der Waals surface area contributed by atoms with Crippen molar-refractivity contribution in [3.8, 4) is 0 Å². The van der Waals surface area contributed by atoms with Gasteiger partial charge in [0.25, 0.3) is 0 Å². The first kappa shape index (κ1) is 22.1. The summed E-state index contributed by atoms with van der Waals surface area (Å²) in [4.78, 5) is 33.1. The number of nitrogens with zero attached hydrogens (tertiary/aromatic N) is 1. The molecule has 0 rings (SSSR count). The summed E-state index contributed by atoms with van der Waals surface area (Å²) in [6.45, 7) is 0.909. The zero-order valence-corrected chi connectivity index (χ0v) is 14.4. The van der Waals surface area contributed by atoms with Gasteiger partial charge in [-0.2, -0.15) is 0 Å². The zero-order chi connectivity index (χ0) is 18.4. The molecule has 0 aliphatic heterocycles. The highest BCUT2D eigenvalue weighted by atomic mass is 16.4. The van der Waals surface area contributed by atoms with E-state index in [0.717, 1.165) is 38.5 Å². The molecule has 0 spiro atoms. The van der Waals surface area contributed by atoms with E-state index >= 15 is 0 Å². The molecule has 3 N–H and O–H groups in total. The van der Waals surface area contributed by atoms with Crippen LogP contribution in [-0.2, 0) is 14.4 Å². The van der Waals surface area contributed by atoms with E-state index in [0.29, 0.717) is 6.42 Å². The quantitative estimate of drug-likeness (QED) is 0.239. The van der Waals surface area contributed by atoms with Crippen LogP contribution in [0.15, 0.2) is 12.2 Å². The minimum absolute atomic E-state index is 0.247. The third kappa shape index (κ3) is 11.6. The van der Waals surface area contributed by atoms with E-state index in [1.54, 1.807) is 0 Å². The fraction of sp³-hybridized carbons (Fsp3) is 0.706. The number of carboxylic acids is 3. The molecule has 7 heteroatoms. The minimum Gasteiger partial charge on any atom is -0.477 e. The Labute approximate surface area is 143 Å². The number of rotatable bonds is 15. The topological polar surface area (TPSA) is 112 Å². The van der Waals surface area contributed by atoms with Crippen LogP contribution >= 0.6 is 0 Å². The summed E-state index contributed by atoms with van der Waals surface area (Å²) in [6.07, 6.45) is 11.0. The predicted molar refractivity (Wildman–Crippen MR) is 89.8 cm³/mol. The Hall–Kier alpha value is -1.89. The molecule has 0 bridgehead atoms. The maximum Gasteiger partial charge on any atom is 0.359 e. The van der Waals surface area contributed by atoms with Gasteiger partial charge in [0.2, 0.25) is 0 Å². The Balaban J connectivity index is 4.40. The lowest BCUT2D eigenvalue weighted by Gasteiger charge is -2.34. The van der Waals surface area contributed by atoms with Gasteiger partial charge in [-0.15, -0.1) is 0 Å². The number of hydrogen-bond acceptors (Lipinski definition) is 3. The Morgan fingerprint density at radius 2 is 1.21 bits per heavy atom. The SMILES string of the molecule is CCC/C=C/CCCCCC[N+](CC(=O)O)(CC(=O)O)CC(=O)O. The van der Waals surface area contributed by atoms with E-state index < -0.39 is 42.0 Å². The average Bonchev–Trinajstić information content (AvgIpc) is 2.43. The largest absolute Gasteiger partial charge is 0.477 e. The fourth-order valence-corrected chi connectivity index (χ4v) is 2.73. The van der Waals surface area contributed by atoms with Crippen LogP contribution in [0.2, 0.25) is 0 Å². The Morgan fingerprint density at radius 3 is 1.67 bits per heavy atom. The normalized spacial score (nSPS) is 11.7. The number of carbonyl (C=O) groups is 3. The van der Waals surface area contributed by atoms with Gasteiger partial charge in [-0.25, -0.2) is 14.4 Å². The van der Waals surface area contributed by atoms with Gasteiger partial charge in [0.05, 0.1) is 6.54 Å². The van der Waals surface area contributed by atoms with E-state index in [4.69, 9.17) is 15.3 Å². The molecule has 0 unspecified atom stereocenters. The minimum atomic E-state index is -1.18. The molecule has 0 heterocycles. The lowest BCUT2D eigenvalue weighted by atomic mass is 10.1. The van der Waals surface area contributed by atoms with Crippen molar-refractivity contribution in [1.82, 2.24) is 0 Å². The second-order valence-corrected chi connectivity index (χ2v) is 6.18. The summed E-state index contributed by atoms with van der Waals surface area (Å²) < 4.78 is -0.448. The number of quaternary nitrogens is 1. The standard InChI is InChI=1S/C17H29NO6/c1-2-3-4-5-6-7-8-9-10-11-18(12-15(19)20,13-16(21)22)14-17(23)24/h4-5H,2-3,6-14H2,1H3,(H2-,19,20,21,22,23,24)/p+1/b5-4+. The molecule has 0 aliphatic rings. The maximum absolute atomic E-state index is 11.0. The van der Waals surface area contributed by atoms with Crippen molar-refractivity contribution in [2.24, 2.45) is 0 Å². The van der Waals surface area contributed by atoms with Crippen LogP contribution in [-0.4, -0.2) is 63.9 Å². The highest BCUT2D eigenvalue weighted by molar-refractivity contribution is 5.73.